The first kappa shape index (κ1) is 22.4. The van der Waals surface area contributed by atoms with Crippen LogP contribution in [0.4, 0.5) is 0 Å². The first-order chi connectivity index (χ1) is 15.7. The van der Waals surface area contributed by atoms with Crippen LogP contribution < -0.4 is 0 Å². The van der Waals surface area contributed by atoms with Gasteiger partial charge in [0, 0.05) is 18.7 Å². The number of hydrogen-bond donors (Lipinski definition) is 1. The number of carbonyl (C=O) groups excluding carboxylic acids is 2. The largest absolute Gasteiger partial charge is 0.481 e. The van der Waals surface area contributed by atoms with E-state index in [1.807, 2.05) is 13.8 Å². The molecule has 1 aromatic rings. The van der Waals surface area contributed by atoms with Crippen molar-refractivity contribution in [1.29, 1.82) is 0 Å². The number of esters is 1. The van der Waals surface area contributed by atoms with Crippen molar-refractivity contribution < 1.29 is 24.2 Å². The Kier molecular flexibility index (Phi) is 4.97. The summed E-state index contributed by atoms with van der Waals surface area (Å²) in [4.78, 5) is 39.0. The van der Waals surface area contributed by atoms with E-state index in [1.54, 1.807) is 29.9 Å². The molecule has 4 aliphatic carbocycles. The smallest absolute Gasteiger partial charge is 0.354 e. The predicted molar refractivity (Wildman–Crippen MR) is 122 cm³/mol. The molecule has 3 saturated carbocycles. The molecule has 0 spiro atoms. The van der Waals surface area contributed by atoms with Crippen LogP contribution in [0.2, 0.25) is 0 Å². The Morgan fingerprint density at radius 1 is 1.30 bits per heavy atom. The third kappa shape index (κ3) is 2.53. The third-order valence-corrected chi connectivity index (χ3v) is 10.1. The number of ether oxygens (including phenoxy) is 1. The Bertz CT molecular complexity index is 1040. The summed E-state index contributed by atoms with van der Waals surface area (Å²) in [5.74, 6) is -0.236. The summed E-state index contributed by atoms with van der Waals surface area (Å²) >= 11 is 0. The van der Waals surface area contributed by atoms with Gasteiger partial charge in [-0.05, 0) is 67.4 Å². The van der Waals surface area contributed by atoms with Crippen molar-refractivity contribution in [3.05, 3.63) is 35.7 Å². The zero-order valence-electron chi connectivity index (χ0n) is 20.0. The highest BCUT2D eigenvalue weighted by molar-refractivity contribution is 5.90. The summed E-state index contributed by atoms with van der Waals surface area (Å²) in [7, 11) is 1.80. The number of nitrogens with zero attached hydrogens (tertiary/aromatic N) is 1. The first-order valence-electron chi connectivity index (χ1n) is 12.4. The highest BCUT2D eigenvalue weighted by atomic mass is 16.5. The van der Waals surface area contributed by atoms with Gasteiger partial charge in [-0.2, -0.15) is 0 Å². The van der Waals surface area contributed by atoms with E-state index < -0.39 is 28.2 Å². The van der Waals surface area contributed by atoms with Crippen molar-refractivity contribution in [2.24, 2.45) is 52.9 Å². The highest BCUT2D eigenvalue weighted by Gasteiger charge is 2.83. The summed E-state index contributed by atoms with van der Waals surface area (Å²) in [5.41, 5.74) is -1.26. The zero-order chi connectivity index (χ0) is 23.8. The molecule has 6 heteroatoms. The van der Waals surface area contributed by atoms with Crippen LogP contribution in [-0.2, 0) is 21.4 Å². The third-order valence-electron chi connectivity index (χ3n) is 10.1. The summed E-state index contributed by atoms with van der Waals surface area (Å²) in [6.07, 6.45) is 8.87. The minimum atomic E-state index is -1.21. The van der Waals surface area contributed by atoms with E-state index in [4.69, 9.17) is 4.74 Å². The summed E-state index contributed by atoms with van der Waals surface area (Å²) < 4.78 is 7.42. The molecular formula is C27H35NO5. The van der Waals surface area contributed by atoms with Crippen LogP contribution in [0.15, 0.2) is 30.0 Å². The van der Waals surface area contributed by atoms with Crippen LogP contribution in [0, 0.1) is 45.8 Å². The monoisotopic (exact) mass is 453 g/mol. The van der Waals surface area contributed by atoms with E-state index in [1.165, 1.54) is 0 Å². The van der Waals surface area contributed by atoms with Crippen molar-refractivity contribution in [2.45, 2.75) is 52.9 Å². The van der Waals surface area contributed by atoms with Crippen LogP contribution in [0.1, 0.15) is 63.4 Å². The molecule has 1 aromatic heterocycles. The van der Waals surface area contributed by atoms with Gasteiger partial charge in [0.15, 0.2) is 0 Å². The van der Waals surface area contributed by atoms with Crippen LogP contribution in [-0.4, -0.2) is 34.5 Å². The van der Waals surface area contributed by atoms with Gasteiger partial charge >= 0.3 is 11.9 Å². The molecular weight excluding hydrogens is 418 g/mol. The number of fused-ring (bicyclic) bond motifs is 2. The lowest BCUT2D eigenvalue weighted by Crippen LogP contribution is -2.62. The number of carbonyl (C=O) groups is 3. The molecule has 33 heavy (non-hydrogen) atoms. The quantitative estimate of drug-likeness (QED) is 0.373. The van der Waals surface area contributed by atoms with Crippen LogP contribution >= 0.6 is 0 Å². The number of aryl methyl sites for hydroxylation is 1. The maximum Gasteiger partial charge on any atom is 0.354 e. The van der Waals surface area contributed by atoms with E-state index in [2.05, 4.69) is 13.0 Å². The maximum absolute atomic E-state index is 13.4. The minimum Gasteiger partial charge on any atom is -0.481 e. The summed E-state index contributed by atoms with van der Waals surface area (Å²) in [5, 5.41) is 10.9. The van der Waals surface area contributed by atoms with Gasteiger partial charge in [-0.1, -0.05) is 38.8 Å². The molecule has 7 atom stereocenters. The second kappa shape index (κ2) is 7.31. The lowest BCUT2D eigenvalue weighted by atomic mass is 9.42. The predicted octanol–water partition coefficient (Wildman–Crippen LogP) is 4.50. The van der Waals surface area contributed by atoms with E-state index in [0.717, 1.165) is 31.1 Å². The molecule has 4 aliphatic rings. The minimum absolute atomic E-state index is 0.0303. The lowest BCUT2D eigenvalue weighted by molar-refractivity contribution is -0.181. The Hall–Kier alpha value is -2.37. The number of aromatic nitrogens is 1. The second-order valence-corrected chi connectivity index (χ2v) is 11.4. The van der Waals surface area contributed by atoms with Crippen molar-refractivity contribution in [3.63, 3.8) is 0 Å². The Morgan fingerprint density at radius 2 is 2.06 bits per heavy atom. The Morgan fingerprint density at radius 3 is 2.67 bits per heavy atom. The van der Waals surface area contributed by atoms with Gasteiger partial charge in [0.25, 0.3) is 0 Å². The molecule has 0 aromatic carbocycles. The molecule has 0 saturated heterocycles. The topological polar surface area (TPSA) is 85.6 Å². The molecule has 6 unspecified atom stereocenters. The number of carboxylic acid groups (broad SMARTS) is 1. The average Bonchev–Trinajstić information content (AvgIpc) is 3.47. The number of hydrogen-bond acceptors (Lipinski definition) is 4. The molecule has 1 heterocycles. The number of carboxylic acids is 1. The van der Waals surface area contributed by atoms with E-state index >= 15 is 0 Å². The van der Waals surface area contributed by atoms with Crippen molar-refractivity contribution >= 4 is 18.2 Å². The molecule has 5 rings (SSSR count). The molecule has 1 N–H and O–H groups in total. The highest BCUT2D eigenvalue weighted by Crippen LogP contribution is 2.83. The lowest BCUT2D eigenvalue weighted by Gasteiger charge is -2.58. The van der Waals surface area contributed by atoms with E-state index in [9.17, 15) is 19.5 Å². The average molecular weight is 454 g/mol. The number of aliphatic carboxylic acids is 1. The summed E-state index contributed by atoms with van der Waals surface area (Å²) in [6.45, 7) is 6.51. The molecule has 4 bridgehead atoms. The number of rotatable bonds is 7. The van der Waals surface area contributed by atoms with E-state index in [-0.39, 0.29) is 24.4 Å². The van der Waals surface area contributed by atoms with Crippen LogP contribution in [0.5, 0.6) is 0 Å². The molecule has 6 nitrogen and oxygen atoms in total. The molecule has 0 aliphatic heterocycles. The van der Waals surface area contributed by atoms with Crippen molar-refractivity contribution in [2.75, 3.05) is 6.61 Å². The van der Waals surface area contributed by atoms with Gasteiger partial charge in [0.1, 0.15) is 17.4 Å². The fourth-order valence-electron chi connectivity index (χ4n) is 8.91. The van der Waals surface area contributed by atoms with Crippen molar-refractivity contribution in [1.82, 2.24) is 4.57 Å². The molecule has 0 amide bonds. The van der Waals surface area contributed by atoms with Gasteiger partial charge in [0.05, 0.1) is 12.0 Å². The van der Waals surface area contributed by atoms with Gasteiger partial charge in [0.2, 0.25) is 0 Å². The normalized spacial score (nSPS) is 40.6. The van der Waals surface area contributed by atoms with Gasteiger partial charge in [-0.3, -0.25) is 4.79 Å². The second-order valence-electron chi connectivity index (χ2n) is 11.4. The fraction of sp³-hybridized carbons (Fsp3) is 0.667. The summed E-state index contributed by atoms with van der Waals surface area (Å²) in [6, 6.07) is 3.52. The van der Waals surface area contributed by atoms with Gasteiger partial charge in [-0.15, -0.1) is 0 Å². The maximum atomic E-state index is 13.4. The Balaban J connectivity index is 1.56. The van der Waals surface area contributed by atoms with Gasteiger partial charge < -0.3 is 19.2 Å². The van der Waals surface area contributed by atoms with Crippen molar-refractivity contribution in [3.8, 4) is 0 Å². The van der Waals surface area contributed by atoms with E-state index in [0.29, 0.717) is 30.4 Å². The standard InChI is InChI=1S/C27H35NO5/c1-16(2)21-12-18-13-26(15-29)20-8-7-17(3)19(20)14-25(18,27(21,26)24(31)32)9-11-33-23(30)22-6-5-10-28(22)4/h5-6,10,12,15-20H,7-9,11,13-14H2,1-4H3,(H,31,32)/t17-,18?,19?,20?,25?,26?,27?/m1/s1. The fourth-order valence-corrected chi connectivity index (χ4v) is 8.91. The number of aldehydes is 1. The SMILES string of the molecule is CC(C)C1=CC2CC3(C=O)C4CC[C@@H](C)C4CC2(CCOC(=O)c2cccn2C)C13C(=O)O. The number of allylic oxidation sites excluding steroid dienone is 1. The Labute approximate surface area is 195 Å². The van der Waals surface area contributed by atoms with Gasteiger partial charge in [-0.25, -0.2) is 4.79 Å². The zero-order valence-corrected chi connectivity index (χ0v) is 20.0. The molecule has 0 radical (unpaired) electrons. The molecule has 178 valence electrons. The first-order valence-corrected chi connectivity index (χ1v) is 12.4. The van der Waals surface area contributed by atoms with Crippen LogP contribution in [0.25, 0.3) is 0 Å². The van der Waals surface area contributed by atoms with Crippen LogP contribution in [0.3, 0.4) is 0 Å². The molecule has 3 fully saturated rings.